The number of nitrogens with zero attached hydrogens (tertiary/aromatic N) is 3. The molecule has 0 unspecified atom stereocenters. The molecular weight excluding hydrogens is 158 g/mol. The smallest absolute Gasteiger partial charge is 0.230 e. The van der Waals surface area contributed by atoms with Gasteiger partial charge in [0.2, 0.25) is 5.28 Å². The molecule has 1 rings (SSSR count). The molecule has 1 heterocycles. The van der Waals surface area contributed by atoms with Crippen molar-refractivity contribution in [1.82, 2.24) is 5.01 Å². The number of hydrogen-bond acceptors (Lipinski definition) is 2. The molecule has 0 bridgehead atoms. The fourth-order valence-corrected chi connectivity index (χ4v) is 1.79. The monoisotopic (exact) mass is 173 g/mol. The SMILES string of the molecule is C[C@@H]1CCC[C@H](C)N1/[N+]([O-])=N\O. The zero-order chi connectivity index (χ0) is 9.14. The second-order valence-corrected chi connectivity index (χ2v) is 3.35. The fourth-order valence-electron chi connectivity index (χ4n) is 1.79. The molecule has 5 nitrogen and oxygen atoms in total. The van der Waals surface area contributed by atoms with Crippen LogP contribution in [-0.2, 0) is 0 Å². The van der Waals surface area contributed by atoms with Gasteiger partial charge in [0.15, 0.2) is 0 Å². The Kier molecular flexibility index (Phi) is 2.73. The molecular formula is C7H15N3O2. The lowest BCUT2D eigenvalue weighted by Crippen LogP contribution is -2.47. The average Bonchev–Trinajstić information content (AvgIpc) is 2.03. The van der Waals surface area contributed by atoms with Crippen LogP contribution in [0, 0.1) is 5.21 Å². The van der Waals surface area contributed by atoms with Crippen molar-refractivity contribution in [1.29, 1.82) is 0 Å². The van der Waals surface area contributed by atoms with Gasteiger partial charge in [0.05, 0.1) is 17.1 Å². The standard InChI is InChI=1S/C7H15N3O2/c1-6-4-3-5-7(2)9(6)10(12)8-11/h6-7,11H,3-5H2,1-2H3/b10-8+/t6-,7+. The Morgan fingerprint density at radius 2 is 1.92 bits per heavy atom. The van der Waals surface area contributed by atoms with Crippen molar-refractivity contribution in [3.05, 3.63) is 5.21 Å². The maximum absolute atomic E-state index is 11.0. The van der Waals surface area contributed by atoms with Gasteiger partial charge in [0.25, 0.3) is 0 Å². The van der Waals surface area contributed by atoms with Gasteiger partial charge in [-0.05, 0) is 33.1 Å². The zero-order valence-corrected chi connectivity index (χ0v) is 7.47. The van der Waals surface area contributed by atoms with Crippen LogP contribution < -0.4 is 0 Å². The van der Waals surface area contributed by atoms with Crippen molar-refractivity contribution in [3.8, 4) is 0 Å². The molecule has 0 saturated carbocycles. The molecule has 0 aliphatic carbocycles. The molecule has 5 heteroatoms. The topological polar surface area (TPSA) is 61.9 Å². The average molecular weight is 173 g/mol. The van der Waals surface area contributed by atoms with E-state index in [0.717, 1.165) is 19.3 Å². The highest BCUT2D eigenvalue weighted by Gasteiger charge is 2.30. The Bertz CT molecular complexity index is 173. The van der Waals surface area contributed by atoms with Gasteiger partial charge in [-0.3, -0.25) is 0 Å². The first-order chi connectivity index (χ1) is 5.66. The van der Waals surface area contributed by atoms with Crippen LogP contribution in [0.1, 0.15) is 33.1 Å². The molecule has 1 fully saturated rings. The maximum Gasteiger partial charge on any atom is 0.230 e. The summed E-state index contributed by atoms with van der Waals surface area (Å²) in [5.41, 5.74) is 0. The van der Waals surface area contributed by atoms with Crippen molar-refractivity contribution < 1.29 is 10.2 Å². The van der Waals surface area contributed by atoms with Gasteiger partial charge in [-0.2, -0.15) is 0 Å². The van der Waals surface area contributed by atoms with Crippen molar-refractivity contribution in [3.63, 3.8) is 0 Å². The third-order valence-corrected chi connectivity index (χ3v) is 2.42. The summed E-state index contributed by atoms with van der Waals surface area (Å²) in [5.74, 6) is 0. The van der Waals surface area contributed by atoms with Gasteiger partial charge >= 0.3 is 0 Å². The molecule has 1 aliphatic rings. The second kappa shape index (κ2) is 3.60. The third-order valence-electron chi connectivity index (χ3n) is 2.42. The number of hydrogen-bond donors (Lipinski definition) is 1. The number of piperidine rings is 1. The van der Waals surface area contributed by atoms with E-state index in [-0.39, 0.29) is 17.1 Å². The van der Waals surface area contributed by atoms with Gasteiger partial charge in [0, 0.05) is 0 Å². The first kappa shape index (κ1) is 9.09. The minimum Gasteiger partial charge on any atom is -0.569 e. The highest BCUT2D eigenvalue weighted by Crippen LogP contribution is 2.22. The van der Waals surface area contributed by atoms with Crippen LogP contribution in [0.5, 0.6) is 0 Å². The Morgan fingerprint density at radius 1 is 1.42 bits per heavy atom. The molecule has 1 aliphatic heterocycles. The second-order valence-electron chi connectivity index (χ2n) is 3.35. The Balaban J connectivity index is 2.69. The lowest BCUT2D eigenvalue weighted by molar-refractivity contribution is -0.725. The summed E-state index contributed by atoms with van der Waals surface area (Å²) in [6.07, 6.45) is 3.11. The zero-order valence-electron chi connectivity index (χ0n) is 7.47. The Hall–Kier alpha value is -1.00. The van der Waals surface area contributed by atoms with Crippen LogP contribution in [0.2, 0.25) is 0 Å². The Morgan fingerprint density at radius 3 is 2.33 bits per heavy atom. The van der Waals surface area contributed by atoms with Crippen molar-refractivity contribution in [2.75, 3.05) is 0 Å². The lowest BCUT2D eigenvalue weighted by atomic mass is 10.00. The molecule has 70 valence electrons. The summed E-state index contributed by atoms with van der Waals surface area (Å²) in [6.45, 7) is 3.93. The molecule has 12 heavy (non-hydrogen) atoms. The van der Waals surface area contributed by atoms with Crippen LogP contribution in [0.4, 0.5) is 0 Å². The molecule has 1 saturated heterocycles. The van der Waals surface area contributed by atoms with Gasteiger partial charge in [-0.15, -0.1) is 5.01 Å². The van der Waals surface area contributed by atoms with Crippen LogP contribution in [0.3, 0.4) is 0 Å². The fraction of sp³-hybridized carbons (Fsp3) is 1.00. The summed E-state index contributed by atoms with van der Waals surface area (Å²) >= 11 is 0. The predicted octanol–water partition coefficient (Wildman–Crippen LogP) is 1.52. The van der Waals surface area contributed by atoms with E-state index in [0.29, 0.717) is 0 Å². The summed E-state index contributed by atoms with van der Waals surface area (Å²) in [4.78, 5) is 0.286. The van der Waals surface area contributed by atoms with Crippen LogP contribution >= 0.6 is 0 Å². The maximum atomic E-state index is 11.0. The van der Waals surface area contributed by atoms with Crippen LogP contribution in [0.15, 0.2) is 5.28 Å². The number of rotatable bonds is 1. The van der Waals surface area contributed by atoms with Crippen LogP contribution in [-0.4, -0.2) is 27.3 Å². The van der Waals surface area contributed by atoms with E-state index in [2.05, 4.69) is 5.28 Å². The predicted molar refractivity (Wildman–Crippen MR) is 42.5 cm³/mol. The van der Waals surface area contributed by atoms with E-state index in [1.807, 2.05) is 13.8 Å². The first-order valence-electron chi connectivity index (χ1n) is 4.27. The van der Waals surface area contributed by atoms with E-state index in [1.165, 1.54) is 0 Å². The lowest BCUT2D eigenvalue weighted by Gasteiger charge is -2.33. The minimum absolute atomic E-state index is 0.169. The van der Waals surface area contributed by atoms with E-state index in [4.69, 9.17) is 5.21 Å². The third kappa shape index (κ3) is 1.60. The molecule has 0 aromatic rings. The summed E-state index contributed by atoms with van der Waals surface area (Å²) in [7, 11) is 0. The van der Waals surface area contributed by atoms with Gasteiger partial charge in [0.1, 0.15) is 0 Å². The van der Waals surface area contributed by atoms with E-state index in [9.17, 15) is 5.21 Å². The molecule has 0 aromatic heterocycles. The summed E-state index contributed by atoms with van der Waals surface area (Å²) < 4.78 is 0. The molecule has 0 spiro atoms. The van der Waals surface area contributed by atoms with Crippen molar-refractivity contribution in [2.24, 2.45) is 5.28 Å². The highest BCUT2D eigenvalue weighted by molar-refractivity contribution is 4.72. The molecule has 0 aromatic carbocycles. The molecule has 0 radical (unpaired) electrons. The molecule has 1 N–H and O–H groups in total. The summed E-state index contributed by atoms with van der Waals surface area (Å²) in [6, 6.07) is 0.337. The van der Waals surface area contributed by atoms with Crippen LogP contribution in [0.25, 0.3) is 0 Å². The summed E-state index contributed by atoms with van der Waals surface area (Å²) in [5, 5.41) is 23.5. The number of hydrazine groups is 1. The first-order valence-corrected chi connectivity index (χ1v) is 4.27. The van der Waals surface area contributed by atoms with Gasteiger partial charge in [-0.25, -0.2) is 0 Å². The molecule has 2 atom stereocenters. The van der Waals surface area contributed by atoms with E-state index >= 15 is 0 Å². The van der Waals surface area contributed by atoms with E-state index in [1.54, 1.807) is 5.01 Å². The van der Waals surface area contributed by atoms with E-state index < -0.39 is 0 Å². The van der Waals surface area contributed by atoms with Gasteiger partial charge < -0.3 is 10.4 Å². The quantitative estimate of drug-likeness (QED) is 0.371. The molecule has 0 amide bonds. The minimum atomic E-state index is 0.169. The van der Waals surface area contributed by atoms with Gasteiger partial charge in [-0.1, -0.05) is 0 Å². The largest absolute Gasteiger partial charge is 0.569 e. The normalized spacial score (nSPS) is 32.2. The van der Waals surface area contributed by atoms with Crippen molar-refractivity contribution >= 4 is 0 Å². The highest BCUT2D eigenvalue weighted by atomic mass is 16.6. The Labute approximate surface area is 71.8 Å². The van der Waals surface area contributed by atoms with Crippen molar-refractivity contribution in [2.45, 2.75) is 45.2 Å².